The number of ether oxygens (including phenoxy) is 1. The Kier molecular flexibility index (Phi) is 6.52. The van der Waals surface area contributed by atoms with Gasteiger partial charge in [-0.25, -0.2) is 0 Å². The third-order valence-electron chi connectivity index (χ3n) is 8.61. The fraction of sp³-hybridized carbons (Fsp3) is 0.433. The van der Waals surface area contributed by atoms with Crippen LogP contribution in [0.1, 0.15) is 50.6 Å². The molecule has 6 rings (SSSR count). The number of benzene rings is 2. The van der Waals surface area contributed by atoms with Gasteiger partial charge in [0.1, 0.15) is 11.6 Å². The highest BCUT2D eigenvalue weighted by atomic mass is 35.5. The minimum absolute atomic E-state index is 0.0835. The van der Waals surface area contributed by atoms with E-state index in [0.717, 1.165) is 31.2 Å². The van der Waals surface area contributed by atoms with Crippen LogP contribution in [0.5, 0.6) is 0 Å². The Hall–Kier alpha value is -3.16. The Morgan fingerprint density at radius 1 is 1.05 bits per heavy atom. The molecule has 38 heavy (non-hydrogen) atoms. The molecule has 3 amide bonds. The molecule has 0 aromatic heterocycles. The highest BCUT2D eigenvalue weighted by molar-refractivity contribution is 6.30. The molecule has 2 N–H and O–H groups in total. The van der Waals surface area contributed by atoms with Crippen molar-refractivity contribution in [3.8, 4) is 0 Å². The molecule has 4 aliphatic rings. The van der Waals surface area contributed by atoms with Gasteiger partial charge in [0.05, 0.1) is 24.0 Å². The van der Waals surface area contributed by atoms with Crippen LogP contribution in [0.3, 0.4) is 0 Å². The van der Waals surface area contributed by atoms with Gasteiger partial charge >= 0.3 is 0 Å². The molecule has 2 bridgehead atoms. The van der Waals surface area contributed by atoms with Crippen molar-refractivity contribution in [3.63, 3.8) is 0 Å². The summed E-state index contributed by atoms with van der Waals surface area (Å²) in [5, 5.41) is 6.65. The molecule has 1 saturated carbocycles. The monoisotopic (exact) mass is 533 g/mol. The summed E-state index contributed by atoms with van der Waals surface area (Å²) in [6, 6.07) is 15.4. The first-order chi connectivity index (χ1) is 18.4. The van der Waals surface area contributed by atoms with Crippen LogP contribution in [0.25, 0.3) is 0 Å². The first-order valence-electron chi connectivity index (χ1n) is 13.5. The molecular weight excluding hydrogens is 502 g/mol. The maximum atomic E-state index is 14.2. The summed E-state index contributed by atoms with van der Waals surface area (Å²) < 4.78 is 6.47. The molecule has 2 aromatic rings. The van der Waals surface area contributed by atoms with Gasteiger partial charge in [-0.3, -0.25) is 14.4 Å². The number of likely N-dealkylation sites (tertiary alicyclic amines) is 1. The molecule has 8 heteroatoms. The number of anilines is 1. The predicted octanol–water partition coefficient (Wildman–Crippen LogP) is 4.64. The molecule has 1 spiro atoms. The van der Waals surface area contributed by atoms with Crippen LogP contribution in [0.2, 0.25) is 5.02 Å². The van der Waals surface area contributed by atoms with E-state index in [2.05, 4.69) is 10.6 Å². The lowest BCUT2D eigenvalue weighted by Gasteiger charge is -2.37. The molecule has 3 aliphatic heterocycles. The highest BCUT2D eigenvalue weighted by Crippen LogP contribution is 2.56. The molecule has 198 valence electrons. The molecule has 6 atom stereocenters. The maximum Gasteiger partial charge on any atom is 0.246 e. The van der Waals surface area contributed by atoms with Crippen molar-refractivity contribution in [2.75, 3.05) is 5.32 Å². The van der Waals surface area contributed by atoms with Crippen LogP contribution in [0.4, 0.5) is 5.69 Å². The summed E-state index contributed by atoms with van der Waals surface area (Å²) in [6.45, 7) is 1.93. The summed E-state index contributed by atoms with van der Waals surface area (Å²) in [4.78, 5) is 43.5. The zero-order chi connectivity index (χ0) is 26.4. The van der Waals surface area contributed by atoms with Crippen LogP contribution in [-0.2, 0) is 19.1 Å². The minimum Gasteiger partial charge on any atom is -0.359 e. The summed E-state index contributed by atoms with van der Waals surface area (Å²) >= 11 is 6.12. The number of carbonyl (C=O) groups is 3. The van der Waals surface area contributed by atoms with Gasteiger partial charge in [0.25, 0.3) is 0 Å². The SMILES string of the molecule is C[C@H](c1ccccc1)N1C(=O)[C@@H]2[C@H](C(=O)Nc3cccc(Cl)c3)[C@@H]3C=C[C@@]2(O3)[C@H]1C(=O)NC1CCCCC1. The summed E-state index contributed by atoms with van der Waals surface area (Å²) in [5.41, 5.74) is 0.279. The van der Waals surface area contributed by atoms with Gasteiger partial charge in [-0.05, 0) is 43.5 Å². The van der Waals surface area contributed by atoms with Crippen LogP contribution >= 0.6 is 11.6 Å². The first kappa shape index (κ1) is 25.1. The Balaban J connectivity index is 1.35. The van der Waals surface area contributed by atoms with Gasteiger partial charge in [0, 0.05) is 16.8 Å². The molecule has 1 aliphatic carbocycles. The lowest BCUT2D eigenvalue weighted by molar-refractivity contribution is -0.143. The van der Waals surface area contributed by atoms with Gasteiger partial charge in [-0.1, -0.05) is 79.4 Å². The lowest BCUT2D eigenvalue weighted by Crippen LogP contribution is -2.56. The van der Waals surface area contributed by atoms with Crippen LogP contribution in [0, 0.1) is 11.8 Å². The van der Waals surface area contributed by atoms with E-state index in [1.54, 1.807) is 29.2 Å². The highest BCUT2D eigenvalue weighted by Gasteiger charge is 2.73. The van der Waals surface area contributed by atoms with Crippen molar-refractivity contribution in [3.05, 3.63) is 77.3 Å². The minimum atomic E-state index is -1.19. The molecular formula is C30H32ClN3O4. The standard InChI is InChI=1S/C30H32ClN3O4/c1-18(19-9-4-2-5-10-19)34-26(28(36)32-21-12-6-3-7-13-21)30-16-15-23(38-30)24(25(30)29(34)37)27(35)33-22-14-8-11-20(31)17-22/h2,4-5,8-11,14-18,21,23-26H,3,6-7,12-13H2,1H3,(H,32,36)(H,33,35)/t18-,23+,24-,25+,26-,30+/m1/s1. The van der Waals surface area contributed by atoms with Crippen LogP contribution in [0.15, 0.2) is 66.7 Å². The Bertz CT molecular complexity index is 1280. The molecule has 0 unspecified atom stereocenters. The van der Waals surface area contributed by atoms with Crippen molar-refractivity contribution in [2.24, 2.45) is 11.8 Å². The fourth-order valence-corrected chi connectivity index (χ4v) is 7.02. The lowest BCUT2D eigenvalue weighted by atomic mass is 9.74. The smallest absolute Gasteiger partial charge is 0.246 e. The van der Waals surface area contributed by atoms with Crippen molar-refractivity contribution >= 4 is 35.0 Å². The largest absolute Gasteiger partial charge is 0.359 e. The number of nitrogens with zero attached hydrogens (tertiary/aromatic N) is 1. The van der Waals surface area contributed by atoms with E-state index < -0.39 is 29.6 Å². The zero-order valence-corrected chi connectivity index (χ0v) is 22.1. The Labute approximate surface area is 227 Å². The molecule has 3 fully saturated rings. The van der Waals surface area contributed by atoms with Gasteiger partial charge in [-0.2, -0.15) is 0 Å². The van der Waals surface area contributed by atoms with Crippen LogP contribution in [-0.4, -0.2) is 46.4 Å². The van der Waals surface area contributed by atoms with Crippen molar-refractivity contribution in [1.29, 1.82) is 0 Å². The maximum absolute atomic E-state index is 14.2. The van der Waals surface area contributed by atoms with E-state index in [-0.39, 0.29) is 29.8 Å². The zero-order valence-electron chi connectivity index (χ0n) is 21.3. The van der Waals surface area contributed by atoms with E-state index in [1.807, 2.05) is 49.4 Å². The number of nitrogens with one attached hydrogen (secondary N) is 2. The average molecular weight is 534 g/mol. The number of carbonyl (C=O) groups excluding carboxylic acids is 3. The summed E-state index contributed by atoms with van der Waals surface area (Å²) in [5.74, 6) is -2.32. The second-order valence-corrected chi connectivity index (χ2v) is 11.3. The van der Waals surface area contributed by atoms with Gasteiger partial charge in [0.2, 0.25) is 17.7 Å². The quantitative estimate of drug-likeness (QED) is 0.530. The number of amides is 3. The number of halogens is 1. The molecule has 2 saturated heterocycles. The molecule has 3 heterocycles. The topological polar surface area (TPSA) is 87.7 Å². The number of fused-ring (bicyclic) bond motifs is 1. The predicted molar refractivity (Wildman–Crippen MR) is 144 cm³/mol. The van der Waals surface area contributed by atoms with Crippen LogP contribution < -0.4 is 10.6 Å². The normalized spacial score (nSPS) is 30.8. The number of hydrogen-bond acceptors (Lipinski definition) is 4. The van der Waals surface area contributed by atoms with E-state index in [0.29, 0.717) is 10.7 Å². The second kappa shape index (κ2) is 9.86. The van der Waals surface area contributed by atoms with E-state index in [9.17, 15) is 14.4 Å². The molecule has 7 nitrogen and oxygen atoms in total. The number of hydrogen-bond donors (Lipinski definition) is 2. The van der Waals surface area contributed by atoms with Crippen molar-refractivity contribution in [1.82, 2.24) is 10.2 Å². The van der Waals surface area contributed by atoms with Gasteiger partial charge in [-0.15, -0.1) is 0 Å². The summed E-state index contributed by atoms with van der Waals surface area (Å²) in [6.07, 6.45) is 8.31. The first-order valence-corrected chi connectivity index (χ1v) is 13.9. The van der Waals surface area contributed by atoms with Crippen molar-refractivity contribution in [2.45, 2.75) is 68.9 Å². The number of rotatable bonds is 6. The third-order valence-corrected chi connectivity index (χ3v) is 8.84. The summed E-state index contributed by atoms with van der Waals surface area (Å²) in [7, 11) is 0. The van der Waals surface area contributed by atoms with Crippen molar-refractivity contribution < 1.29 is 19.1 Å². The molecule has 2 aromatic carbocycles. The van der Waals surface area contributed by atoms with Gasteiger partial charge < -0.3 is 20.3 Å². The van der Waals surface area contributed by atoms with E-state index in [4.69, 9.17) is 16.3 Å². The van der Waals surface area contributed by atoms with E-state index in [1.165, 1.54) is 6.42 Å². The molecule has 0 radical (unpaired) electrons. The second-order valence-electron chi connectivity index (χ2n) is 10.9. The van der Waals surface area contributed by atoms with E-state index >= 15 is 0 Å². The average Bonchev–Trinajstić information content (AvgIpc) is 3.56. The Morgan fingerprint density at radius 3 is 2.55 bits per heavy atom. The Morgan fingerprint density at radius 2 is 1.82 bits per heavy atom. The third kappa shape index (κ3) is 4.12. The van der Waals surface area contributed by atoms with Gasteiger partial charge in [0.15, 0.2) is 0 Å². The fourth-order valence-electron chi connectivity index (χ4n) is 6.83.